The first-order valence-corrected chi connectivity index (χ1v) is 14.7. The van der Waals surface area contributed by atoms with Crippen LogP contribution in [0.4, 0.5) is 13.2 Å². The molecule has 0 radical (unpaired) electrons. The molecule has 0 spiro atoms. The van der Waals surface area contributed by atoms with E-state index < -0.39 is 11.7 Å². The fourth-order valence-corrected chi connectivity index (χ4v) is 6.07. The Hall–Kier alpha value is -5.61. The Balaban J connectivity index is 1.06. The third-order valence-corrected chi connectivity index (χ3v) is 8.53. The summed E-state index contributed by atoms with van der Waals surface area (Å²) < 4.78 is 44.8. The molecule has 0 amide bonds. The smallest absolute Gasteiger partial charge is 0.416 e. The maximum atomic E-state index is 12.9. The standard InChI is InChI=1S/C41H25F3O/c42-41(43,44)36-20-17-27(18-21-36)26-5-7-28(8-6-26)32-15-13-31-14-16-33(24-35(31)23-32)29-9-11-30(12-10-29)34-19-22-40-38(25-34)37-3-1-2-4-39(37)45-40/h1-25H. The molecule has 7 aromatic carbocycles. The van der Waals surface area contributed by atoms with Gasteiger partial charge in [0.15, 0.2) is 0 Å². The van der Waals surface area contributed by atoms with E-state index in [1.807, 2.05) is 48.5 Å². The highest BCUT2D eigenvalue weighted by atomic mass is 19.4. The first-order valence-electron chi connectivity index (χ1n) is 14.7. The highest BCUT2D eigenvalue weighted by Crippen LogP contribution is 2.35. The number of rotatable bonds is 4. The summed E-state index contributed by atoms with van der Waals surface area (Å²) in [5.41, 5.74) is 9.47. The van der Waals surface area contributed by atoms with Gasteiger partial charge in [-0.3, -0.25) is 0 Å². The molecule has 1 nitrogen and oxygen atoms in total. The average molecular weight is 591 g/mol. The van der Waals surface area contributed by atoms with Crippen LogP contribution < -0.4 is 0 Å². The second-order valence-corrected chi connectivity index (χ2v) is 11.3. The fraction of sp³-hybridized carbons (Fsp3) is 0.0244. The molecule has 1 aromatic heterocycles. The number of hydrogen-bond acceptors (Lipinski definition) is 1. The van der Waals surface area contributed by atoms with Gasteiger partial charge in [0.2, 0.25) is 0 Å². The van der Waals surface area contributed by atoms with Crippen LogP contribution in [0.2, 0.25) is 0 Å². The molecule has 0 fully saturated rings. The van der Waals surface area contributed by atoms with Gasteiger partial charge in [-0.15, -0.1) is 0 Å². The van der Waals surface area contributed by atoms with Crippen molar-refractivity contribution in [1.82, 2.24) is 0 Å². The summed E-state index contributed by atoms with van der Waals surface area (Å²) in [6.45, 7) is 0. The molecular formula is C41H25F3O. The predicted molar refractivity (Wildman–Crippen MR) is 178 cm³/mol. The third kappa shape index (κ3) is 5.04. The molecule has 4 heteroatoms. The summed E-state index contributed by atoms with van der Waals surface area (Å²) in [5.74, 6) is 0. The highest BCUT2D eigenvalue weighted by Gasteiger charge is 2.30. The number of halogens is 3. The lowest BCUT2D eigenvalue weighted by atomic mass is 9.95. The minimum absolute atomic E-state index is 0.643. The fourth-order valence-electron chi connectivity index (χ4n) is 6.07. The van der Waals surface area contributed by atoms with Crippen molar-refractivity contribution in [2.45, 2.75) is 6.18 Å². The van der Waals surface area contributed by atoms with E-state index in [1.54, 1.807) is 0 Å². The van der Waals surface area contributed by atoms with E-state index in [4.69, 9.17) is 4.42 Å². The lowest BCUT2D eigenvalue weighted by Crippen LogP contribution is -2.03. The number of benzene rings is 7. The molecule has 0 N–H and O–H groups in total. The Morgan fingerprint density at radius 1 is 0.356 bits per heavy atom. The molecule has 216 valence electrons. The van der Waals surface area contributed by atoms with E-state index >= 15 is 0 Å². The third-order valence-electron chi connectivity index (χ3n) is 8.53. The molecule has 0 atom stereocenters. The lowest BCUT2D eigenvalue weighted by molar-refractivity contribution is -0.137. The van der Waals surface area contributed by atoms with Crippen molar-refractivity contribution in [3.63, 3.8) is 0 Å². The van der Waals surface area contributed by atoms with Crippen LogP contribution in [0.3, 0.4) is 0 Å². The number of para-hydroxylation sites is 1. The van der Waals surface area contributed by atoms with E-state index in [2.05, 4.69) is 78.9 Å². The van der Waals surface area contributed by atoms with Crippen molar-refractivity contribution >= 4 is 32.7 Å². The van der Waals surface area contributed by atoms with Gasteiger partial charge < -0.3 is 4.42 Å². The van der Waals surface area contributed by atoms with Gasteiger partial charge in [0.1, 0.15) is 11.2 Å². The van der Waals surface area contributed by atoms with Gasteiger partial charge in [-0.2, -0.15) is 13.2 Å². The van der Waals surface area contributed by atoms with Crippen molar-refractivity contribution in [3.05, 3.63) is 157 Å². The van der Waals surface area contributed by atoms with Crippen molar-refractivity contribution < 1.29 is 17.6 Å². The predicted octanol–water partition coefficient (Wildman–Crippen LogP) is 12.4. The van der Waals surface area contributed by atoms with E-state index in [9.17, 15) is 13.2 Å². The van der Waals surface area contributed by atoms with Crippen molar-refractivity contribution in [1.29, 1.82) is 0 Å². The summed E-state index contributed by atoms with van der Waals surface area (Å²) in [7, 11) is 0. The Morgan fingerprint density at radius 3 is 1.33 bits per heavy atom. The molecule has 0 aliphatic heterocycles. The van der Waals surface area contributed by atoms with Crippen LogP contribution in [0.5, 0.6) is 0 Å². The zero-order chi connectivity index (χ0) is 30.5. The van der Waals surface area contributed by atoms with E-state index in [-0.39, 0.29) is 0 Å². The summed E-state index contributed by atoms with van der Waals surface area (Å²) >= 11 is 0. The van der Waals surface area contributed by atoms with Crippen LogP contribution >= 0.6 is 0 Å². The Bertz CT molecular complexity index is 2330. The molecule has 0 saturated heterocycles. The quantitative estimate of drug-likeness (QED) is 0.199. The van der Waals surface area contributed by atoms with Gasteiger partial charge in [-0.25, -0.2) is 0 Å². The summed E-state index contributed by atoms with van der Waals surface area (Å²) in [5, 5.41) is 4.53. The van der Waals surface area contributed by atoms with Crippen LogP contribution in [0.1, 0.15) is 5.56 Å². The van der Waals surface area contributed by atoms with Crippen LogP contribution in [-0.4, -0.2) is 0 Å². The number of hydrogen-bond donors (Lipinski definition) is 0. The molecule has 45 heavy (non-hydrogen) atoms. The molecule has 0 aliphatic carbocycles. The Kier molecular flexibility index (Phi) is 6.31. The van der Waals surface area contributed by atoms with Gasteiger partial charge >= 0.3 is 6.18 Å². The van der Waals surface area contributed by atoms with Gasteiger partial charge in [0.25, 0.3) is 0 Å². The van der Waals surface area contributed by atoms with E-state index in [1.165, 1.54) is 12.1 Å². The second-order valence-electron chi connectivity index (χ2n) is 11.3. The molecule has 0 aliphatic rings. The zero-order valence-corrected chi connectivity index (χ0v) is 24.0. The normalized spacial score (nSPS) is 11.9. The molecule has 1 heterocycles. The Labute approximate surface area is 257 Å². The van der Waals surface area contributed by atoms with E-state index in [0.717, 1.165) is 89.4 Å². The minimum Gasteiger partial charge on any atom is -0.456 e. The van der Waals surface area contributed by atoms with Crippen LogP contribution in [0, 0.1) is 0 Å². The summed E-state index contributed by atoms with van der Waals surface area (Å²) in [4.78, 5) is 0. The van der Waals surface area contributed by atoms with Crippen LogP contribution in [-0.2, 0) is 6.18 Å². The molecular weight excluding hydrogens is 565 g/mol. The van der Waals surface area contributed by atoms with Gasteiger partial charge in [0.05, 0.1) is 5.56 Å². The van der Waals surface area contributed by atoms with Gasteiger partial charge in [-0.05, 0) is 97.7 Å². The monoisotopic (exact) mass is 590 g/mol. The van der Waals surface area contributed by atoms with Gasteiger partial charge in [0, 0.05) is 10.8 Å². The SMILES string of the molecule is FC(F)(F)c1ccc(-c2ccc(-c3ccc4ccc(-c5ccc(-c6ccc7oc8ccccc8c7c6)cc5)cc4c3)cc2)cc1. The number of fused-ring (bicyclic) bond motifs is 4. The molecule has 0 saturated carbocycles. The second kappa shape index (κ2) is 10.5. The van der Waals surface area contributed by atoms with Crippen LogP contribution in [0.15, 0.2) is 156 Å². The molecule has 0 bridgehead atoms. The zero-order valence-electron chi connectivity index (χ0n) is 24.0. The maximum Gasteiger partial charge on any atom is 0.416 e. The van der Waals surface area contributed by atoms with Crippen molar-refractivity contribution in [3.8, 4) is 44.5 Å². The van der Waals surface area contributed by atoms with Crippen LogP contribution in [0.25, 0.3) is 77.2 Å². The molecule has 0 unspecified atom stereocenters. The largest absolute Gasteiger partial charge is 0.456 e. The summed E-state index contributed by atoms with van der Waals surface area (Å²) in [6.07, 6.45) is -4.34. The number of alkyl halides is 3. The first-order chi connectivity index (χ1) is 21.9. The highest BCUT2D eigenvalue weighted by molar-refractivity contribution is 6.06. The van der Waals surface area contributed by atoms with Gasteiger partial charge in [-0.1, -0.05) is 109 Å². The average Bonchev–Trinajstić information content (AvgIpc) is 3.46. The molecule has 8 rings (SSSR count). The lowest BCUT2D eigenvalue weighted by Gasteiger charge is -2.10. The van der Waals surface area contributed by atoms with Crippen molar-refractivity contribution in [2.75, 3.05) is 0 Å². The van der Waals surface area contributed by atoms with E-state index in [0.29, 0.717) is 0 Å². The topological polar surface area (TPSA) is 13.1 Å². The number of furan rings is 1. The Morgan fingerprint density at radius 2 is 0.778 bits per heavy atom. The van der Waals surface area contributed by atoms with Crippen molar-refractivity contribution in [2.24, 2.45) is 0 Å². The minimum atomic E-state index is -4.34. The first kappa shape index (κ1) is 27.0. The maximum absolute atomic E-state index is 12.9. The molecule has 8 aromatic rings. The summed E-state index contributed by atoms with van der Waals surface area (Å²) in [6, 6.07) is 49.3.